The second-order valence-electron chi connectivity index (χ2n) is 11.5. The molecule has 2 aliphatic carbocycles. The lowest BCUT2D eigenvalue weighted by molar-refractivity contribution is 0.0917. The van der Waals surface area contributed by atoms with Crippen molar-refractivity contribution in [3.63, 3.8) is 0 Å². The van der Waals surface area contributed by atoms with Gasteiger partial charge in [0.1, 0.15) is 5.75 Å². The van der Waals surface area contributed by atoms with Crippen LogP contribution in [0.5, 0.6) is 5.75 Å². The van der Waals surface area contributed by atoms with Gasteiger partial charge in [-0.15, -0.1) is 0 Å². The number of amides is 1. The number of hydrogen-bond donors (Lipinski definition) is 2. The van der Waals surface area contributed by atoms with Crippen LogP contribution in [0.2, 0.25) is 0 Å². The average Bonchev–Trinajstić information content (AvgIpc) is 3.35. The molecule has 39 heavy (non-hydrogen) atoms. The number of carbonyl (C=O) groups excluding carboxylic acids is 1. The summed E-state index contributed by atoms with van der Waals surface area (Å²) in [7, 11) is 1.68. The summed E-state index contributed by atoms with van der Waals surface area (Å²) in [5, 5.41) is 4.68. The van der Waals surface area contributed by atoms with Gasteiger partial charge in [0.15, 0.2) is 5.17 Å². The molecule has 3 atom stereocenters. The van der Waals surface area contributed by atoms with Gasteiger partial charge in [-0.25, -0.2) is 0 Å². The summed E-state index contributed by atoms with van der Waals surface area (Å²) in [6, 6.07) is 17.3. The smallest absolute Gasteiger partial charge is 0.251 e. The van der Waals surface area contributed by atoms with Gasteiger partial charge >= 0.3 is 0 Å². The van der Waals surface area contributed by atoms with E-state index in [1.807, 2.05) is 42.5 Å². The van der Waals surface area contributed by atoms with Crippen LogP contribution in [0.3, 0.4) is 0 Å². The predicted molar refractivity (Wildman–Crippen MR) is 163 cm³/mol. The molecule has 0 aromatic heterocycles. The minimum atomic E-state index is 0.0368. The van der Waals surface area contributed by atoms with E-state index >= 15 is 0 Å². The van der Waals surface area contributed by atoms with Gasteiger partial charge in [-0.1, -0.05) is 43.0 Å². The third-order valence-electron chi connectivity index (χ3n) is 8.88. The molecule has 6 nitrogen and oxygen atoms in total. The molecule has 0 spiro atoms. The Kier molecular flexibility index (Phi) is 9.51. The summed E-state index contributed by atoms with van der Waals surface area (Å²) in [6.07, 6.45) is 10.7. The highest BCUT2D eigenvalue weighted by atomic mass is 32.2. The van der Waals surface area contributed by atoms with Crippen LogP contribution in [0.15, 0.2) is 53.5 Å². The fourth-order valence-electron chi connectivity index (χ4n) is 6.64. The molecule has 0 saturated heterocycles. The molecule has 1 heterocycles. The standard InChI is InChI=1S/C32H44N4O2S/c1-3-18-36(27-15-16-29-30(21-27)39-32(33)35-29)19-17-22-7-13-26(14-8-22)34-31(37)24-11-9-23(10-12-24)25-5-4-6-28(20-25)38-2/h4-6,9-12,20,22,26-27,29-30H,3,7-8,13-19,21H2,1-2H3,(H2,33,35)(H,34,37)/t22?,26?,27-,29?,30?/m0/s1. The summed E-state index contributed by atoms with van der Waals surface area (Å²) < 4.78 is 5.34. The van der Waals surface area contributed by atoms with Gasteiger partial charge in [0.2, 0.25) is 0 Å². The minimum Gasteiger partial charge on any atom is -0.497 e. The van der Waals surface area contributed by atoms with Gasteiger partial charge in [-0.2, -0.15) is 0 Å². The van der Waals surface area contributed by atoms with E-state index in [0.29, 0.717) is 17.3 Å². The molecule has 2 saturated carbocycles. The van der Waals surface area contributed by atoms with Gasteiger partial charge in [0.05, 0.1) is 13.2 Å². The number of carbonyl (C=O) groups is 1. The first-order chi connectivity index (χ1) is 19.0. The number of thioether (sulfide) groups is 1. The number of nitrogens with two attached hydrogens (primary N) is 1. The molecular formula is C32H44N4O2S. The molecule has 0 radical (unpaired) electrons. The molecule has 210 valence electrons. The zero-order valence-electron chi connectivity index (χ0n) is 23.5. The van der Waals surface area contributed by atoms with Crippen molar-refractivity contribution in [1.29, 1.82) is 0 Å². The quantitative estimate of drug-likeness (QED) is 0.375. The number of methoxy groups -OCH3 is 1. The van der Waals surface area contributed by atoms with Crippen LogP contribution in [0, 0.1) is 5.92 Å². The van der Waals surface area contributed by atoms with Crippen molar-refractivity contribution in [3.8, 4) is 16.9 Å². The summed E-state index contributed by atoms with van der Waals surface area (Å²) in [4.78, 5) is 20.3. The first-order valence-corrected chi connectivity index (χ1v) is 15.7. The van der Waals surface area contributed by atoms with Gasteiger partial charge in [-0.05, 0) is 112 Å². The molecule has 7 heteroatoms. The summed E-state index contributed by atoms with van der Waals surface area (Å²) >= 11 is 1.80. The molecule has 2 aromatic carbocycles. The maximum atomic E-state index is 12.9. The molecule has 3 N–H and O–H groups in total. The first kappa shape index (κ1) is 28.0. The van der Waals surface area contributed by atoms with Crippen molar-refractivity contribution >= 4 is 22.8 Å². The highest BCUT2D eigenvalue weighted by molar-refractivity contribution is 8.14. The predicted octanol–water partition coefficient (Wildman–Crippen LogP) is 6.10. The highest BCUT2D eigenvalue weighted by Gasteiger charge is 2.37. The van der Waals surface area contributed by atoms with Crippen molar-refractivity contribution in [2.24, 2.45) is 16.6 Å². The largest absolute Gasteiger partial charge is 0.497 e. The van der Waals surface area contributed by atoms with E-state index in [9.17, 15) is 4.79 Å². The fourth-order valence-corrected chi connectivity index (χ4v) is 7.82. The maximum absolute atomic E-state index is 12.9. The van der Waals surface area contributed by atoms with Crippen LogP contribution < -0.4 is 15.8 Å². The zero-order valence-corrected chi connectivity index (χ0v) is 24.3. The zero-order chi connectivity index (χ0) is 27.2. The fraction of sp³-hybridized carbons (Fsp3) is 0.562. The van der Waals surface area contributed by atoms with E-state index in [2.05, 4.69) is 28.2 Å². The Labute approximate surface area is 238 Å². The number of nitrogens with zero attached hydrogens (tertiary/aromatic N) is 2. The van der Waals surface area contributed by atoms with Crippen LogP contribution in [0.1, 0.15) is 75.1 Å². The Morgan fingerprint density at radius 1 is 1.05 bits per heavy atom. The first-order valence-electron chi connectivity index (χ1n) is 14.8. The van der Waals surface area contributed by atoms with E-state index in [4.69, 9.17) is 10.5 Å². The Morgan fingerprint density at radius 3 is 2.59 bits per heavy atom. The summed E-state index contributed by atoms with van der Waals surface area (Å²) in [5.41, 5.74) is 8.90. The van der Waals surface area contributed by atoms with Crippen LogP contribution in [-0.2, 0) is 0 Å². The average molecular weight is 549 g/mol. The lowest BCUT2D eigenvalue weighted by Gasteiger charge is -2.39. The van der Waals surface area contributed by atoms with Crippen LogP contribution in [0.25, 0.3) is 11.1 Å². The lowest BCUT2D eigenvalue weighted by atomic mass is 9.83. The summed E-state index contributed by atoms with van der Waals surface area (Å²) in [5.74, 6) is 1.63. The molecule has 2 unspecified atom stereocenters. The number of aliphatic imine (C=N–C) groups is 1. The molecule has 2 fully saturated rings. The molecule has 1 amide bonds. The lowest BCUT2D eigenvalue weighted by Crippen LogP contribution is -2.44. The monoisotopic (exact) mass is 548 g/mol. The molecule has 3 aliphatic rings. The van der Waals surface area contributed by atoms with Crippen molar-refractivity contribution in [2.45, 2.75) is 88.1 Å². The molecule has 1 aliphatic heterocycles. The molecular weight excluding hydrogens is 504 g/mol. The van der Waals surface area contributed by atoms with Crippen molar-refractivity contribution < 1.29 is 9.53 Å². The Bertz CT molecular complexity index is 1130. The van der Waals surface area contributed by atoms with E-state index in [1.54, 1.807) is 18.9 Å². The minimum absolute atomic E-state index is 0.0368. The van der Waals surface area contributed by atoms with Gasteiger partial charge in [0.25, 0.3) is 5.91 Å². The summed E-state index contributed by atoms with van der Waals surface area (Å²) in [6.45, 7) is 4.67. The number of fused-ring (bicyclic) bond motifs is 1. The SMILES string of the molecule is CCCN(CCC1CCC(NC(=O)c2ccc(-c3cccc(OC)c3)cc2)CC1)[C@H]1CCC2N=C(N)SC2C1. The van der Waals surface area contributed by atoms with Gasteiger partial charge in [-0.3, -0.25) is 9.79 Å². The second-order valence-corrected chi connectivity index (χ2v) is 12.7. The number of amidine groups is 1. The van der Waals surface area contributed by atoms with Crippen molar-refractivity contribution in [3.05, 3.63) is 54.1 Å². The Morgan fingerprint density at radius 2 is 1.85 bits per heavy atom. The number of rotatable bonds is 10. The van der Waals surface area contributed by atoms with Crippen molar-refractivity contribution in [2.75, 3.05) is 20.2 Å². The van der Waals surface area contributed by atoms with E-state index in [-0.39, 0.29) is 11.9 Å². The highest BCUT2D eigenvalue weighted by Crippen LogP contribution is 2.38. The third-order valence-corrected chi connectivity index (χ3v) is 10.0. The van der Waals surface area contributed by atoms with E-state index < -0.39 is 0 Å². The molecule has 2 aromatic rings. The van der Waals surface area contributed by atoms with Gasteiger partial charge < -0.3 is 20.7 Å². The molecule has 5 rings (SSSR count). The van der Waals surface area contributed by atoms with E-state index in [1.165, 1.54) is 58.0 Å². The Hall–Kier alpha value is -2.51. The number of ether oxygens (including phenoxy) is 1. The topological polar surface area (TPSA) is 80.0 Å². The third kappa shape index (κ3) is 7.17. The normalized spacial score (nSPS) is 26.6. The van der Waals surface area contributed by atoms with Crippen LogP contribution in [0.4, 0.5) is 0 Å². The second kappa shape index (κ2) is 13.2. The maximum Gasteiger partial charge on any atom is 0.251 e. The number of nitrogens with one attached hydrogen (secondary N) is 1. The van der Waals surface area contributed by atoms with Crippen LogP contribution in [-0.4, -0.2) is 59.5 Å². The number of hydrogen-bond acceptors (Lipinski definition) is 6. The Balaban J connectivity index is 1.06. The number of benzene rings is 2. The molecule has 0 bridgehead atoms. The van der Waals surface area contributed by atoms with Crippen LogP contribution >= 0.6 is 11.8 Å². The van der Waals surface area contributed by atoms with Crippen molar-refractivity contribution in [1.82, 2.24) is 10.2 Å². The van der Waals surface area contributed by atoms with E-state index in [0.717, 1.165) is 46.4 Å². The van der Waals surface area contributed by atoms with Gasteiger partial charge in [0, 0.05) is 22.9 Å².